The van der Waals surface area contributed by atoms with Gasteiger partial charge in [-0.2, -0.15) is 4.80 Å². The molecule has 0 bridgehead atoms. The topological polar surface area (TPSA) is 75.0 Å². The molecule has 2 aromatic heterocycles. The van der Waals surface area contributed by atoms with E-state index < -0.39 is 0 Å². The van der Waals surface area contributed by atoms with Gasteiger partial charge in [0.2, 0.25) is 0 Å². The lowest BCUT2D eigenvalue weighted by molar-refractivity contribution is 0.158. The highest BCUT2D eigenvalue weighted by Gasteiger charge is 2.16. The number of nitrogens with zero attached hydrogens (tertiary/aromatic N) is 5. The first-order valence-corrected chi connectivity index (χ1v) is 7.68. The first-order valence-electron chi connectivity index (χ1n) is 7.68. The first kappa shape index (κ1) is 13.2. The number of hydrogen-bond acceptors (Lipinski definition) is 6. The molecule has 0 atom stereocenters. The summed E-state index contributed by atoms with van der Waals surface area (Å²) in [6, 6.07) is 11.7. The zero-order chi connectivity index (χ0) is 16.1. The van der Waals surface area contributed by atoms with E-state index >= 15 is 0 Å². The predicted molar refractivity (Wildman–Crippen MR) is 87.7 cm³/mol. The highest BCUT2D eigenvalue weighted by atomic mass is 16.6. The second kappa shape index (κ2) is 4.89. The molecule has 0 saturated heterocycles. The van der Waals surface area contributed by atoms with E-state index in [4.69, 9.17) is 9.47 Å². The highest BCUT2D eigenvalue weighted by molar-refractivity contribution is 5.79. The summed E-state index contributed by atoms with van der Waals surface area (Å²) in [5.41, 5.74) is 5.16. The largest absolute Gasteiger partial charge is 0.470 e. The van der Waals surface area contributed by atoms with E-state index in [1.54, 1.807) is 4.80 Å². The van der Waals surface area contributed by atoms with Gasteiger partial charge in [-0.25, -0.2) is 9.97 Å². The van der Waals surface area contributed by atoms with Crippen LogP contribution in [-0.2, 0) is 0 Å². The molecule has 0 amide bonds. The van der Waals surface area contributed by atoms with E-state index in [2.05, 4.69) is 20.2 Å². The van der Waals surface area contributed by atoms with Crippen molar-refractivity contribution < 1.29 is 9.47 Å². The average Bonchev–Trinajstić information content (AvgIpc) is 3.02. The van der Waals surface area contributed by atoms with Gasteiger partial charge in [0.1, 0.15) is 24.2 Å². The average molecular weight is 319 g/mol. The molecule has 4 aromatic rings. The number of aromatic nitrogens is 5. The second-order valence-electron chi connectivity index (χ2n) is 5.69. The third-order valence-corrected chi connectivity index (χ3v) is 3.91. The van der Waals surface area contributed by atoms with Gasteiger partial charge in [-0.15, -0.1) is 10.2 Å². The summed E-state index contributed by atoms with van der Waals surface area (Å²) < 4.78 is 11.0. The minimum Gasteiger partial charge on any atom is -0.470 e. The normalized spacial score (nSPS) is 13.5. The molecule has 24 heavy (non-hydrogen) atoms. The Labute approximate surface area is 136 Å². The Bertz CT molecular complexity index is 1090. The molecule has 0 aliphatic carbocycles. The number of benzene rings is 2. The number of ether oxygens (including phenoxy) is 2. The molecule has 0 unspecified atom stereocenters. The molecule has 2 aromatic carbocycles. The van der Waals surface area contributed by atoms with Gasteiger partial charge in [-0.05, 0) is 42.8 Å². The van der Waals surface area contributed by atoms with Crippen LogP contribution in [-0.4, -0.2) is 38.2 Å². The van der Waals surface area contributed by atoms with Crippen molar-refractivity contribution in [3.8, 4) is 17.4 Å². The standard InChI is InChI=1S/C17H13N5O2/c1-10-2-4-13-15(8-10)21-22(20-13)11-3-5-12-14(9-11)19-17-16(18-12)23-6-7-24-17/h2-5,8-9H,6-7H2,1H3. The van der Waals surface area contributed by atoms with Gasteiger partial charge in [0.25, 0.3) is 11.8 Å². The molecule has 0 N–H and O–H groups in total. The molecule has 1 aliphatic rings. The van der Waals surface area contributed by atoms with Crippen molar-refractivity contribution in [3.63, 3.8) is 0 Å². The fraction of sp³-hybridized carbons (Fsp3) is 0.176. The highest BCUT2D eigenvalue weighted by Crippen LogP contribution is 2.28. The molecule has 3 heterocycles. The molecule has 0 spiro atoms. The van der Waals surface area contributed by atoms with Crippen LogP contribution in [0.2, 0.25) is 0 Å². The summed E-state index contributed by atoms with van der Waals surface area (Å²) in [7, 11) is 0. The van der Waals surface area contributed by atoms with E-state index in [0.29, 0.717) is 30.5 Å². The molecule has 1 aliphatic heterocycles. The van der Waals surface area contributed by atoms with E-state index in [1.807, 2.05) is 43.3 Å². The maximum absolute atomic E-state index is 5.50. The van der Waals surface area contributed by atoms with Crippen molar-refractivity contribution in [3.05, 3.63) is 42.0 Å². The Morgan fingerprint density at radius 3 is 2.33 bits per heavy atom. The second-order valence-corrected chi connectivity index (χ2v) is 5.69. The van der Waals surface area contributed by atoms with E-state index in [0.717, 1.165) is 27.8 Å². The van der Waals surface area contributed by atoms with Gasteiger partial charge >= 0.3 is 0 Å². The van der Waals surface area contributed by atoms with Gasteiger partial charge in [0.15, 0.2) is 0 Å². The lowest BCUT2D eigenvalue weighted by Crippen LogP contribution is -2.17. The summed E-state index contributed by atoms with van der Waals surface area (Å²) in [6.07, 6.45) is 0. The van der Waals surface area contributed by atoms with Crippen LogP contribution in [0.3, 0.4) is 0 Å². The lowest BCUT2D eigenvalue weighted by Gasteiger charge is -2.16. The molecular weight excluding hydrogens is 306 g/mol. The Morgan fingerprint density at radius 1 is 0.792 bits per heavy atom. The smallest absolute Gasteiger partial charge is 0.278 e. The molecule has 7 nitrogen and oxygen atoms in total. The Kier molecular flexibility index (Phi) is 2.70. The number of hydrogen-bond donors (Lipinski definition) is 0. The Hall–Kier alpha value is -3.22. The fourth-order valence-corrected chi connectivity index (χ4v) is 2.74. The third-order valence-electron chi connectivity index (χ3n) is 3.91. The first-order chi connectivity index (χ1) is 11.8. The van der Waals surface area contributed by atoms with Crippen LogP contribution in [0, 0.1) is 6.92 Å². The van der Waals surface area contributed by atoms with E-state index in [-0.39, 0.29) is 0 Å². The third kappa shape index (κ3) is 2.05. The SMILES string of the molecule is Cc1ccc2nn(-c3ccc4nc5c(nc4c3)OCCO5)nc2c1. The van der Waals surface area contributed by atoms with Gasteiger partial charge in [-0.3, -0.25) is 0 Å². The molecule has 5 rings (SSSR count). The lowest BCUT2D eigenvalue weighted by atomic mass is 10.2. The van der Waals surface area contributed by atoms with Crippen molar-refractivity contribution in [1.82, 2.24) is 25.0 Å². The van der Waals surface area contributed by atoms with Crippen molar-refractivity contribution in [1.29, 1.82) is 0 Å². The fourth-order valence-electron chi connectivity index (χ4n) is 2.74. The van der Waals surface area contributed by atoms with Gasteiger partial charge in [0.05, 0.1) is 16.7 Å². The van der Waals surface area contributed by atoms with Crippen molar-refractivity contribution in [2.24, 2.45) is 0 Å². The minimum absolute atomic E-state index is 0.431. The van der Waals surface area contributed by atoms with Gasteiger partial charge in [0, 0.05) is 0 Å². The van der Waals surface area contributed by atoms with Crippen molar-refractivity contribution >= 4 is 22.1 Å². The Balaban J connectivity index is 1.65. The van der Waals surface area contributed by atoms with Crippen LogP contribution in [0.4, 0.5) is 0 Å². The monoisotopic (exact) mass is 319 g/mol. The number of fused-ring (bicyclic) bond motifs is 3. The summed E-state index contributed by atoms with van der Waals surface area (Å²) in [4.78, 5) is 10.5. The summed E-state index contributed by atoms with van der Waals surface area (Å²) >= 11 is 0. The van der Waals surface area contributed by atoms with Crippen LogP contribution < -0.4 is 9.47 Å². The maximum atomic E-state index is 5.50. The zero-order valence-electron chi connectivity index (χ0n) is 12.9. The van der Waals surface area contributed by atoms with Gasteiger partial charge in [-0.1, -0.05) is 6.07 Å². The quantitative estimate of drug-likeness (QED) is 0.536. The molecular formula is C17H13N5O2. The molecule has 118 valence electrons. The van der Waals surface area contributed by atoms with Crippen molar-refractivity contribution in [2.75, 3.05) is 13.2 Å². The van der Waals surface area contributed by atoms with Gasteiger partial charge < -0.3 is 9.47 Å². The number of aryl methyl sites for hydroxylation is 1. The zero-order valence-corrected chi connectivity index (χ0v) is 12.9. The summed E-state index contributed by atoms with van der Waals surface area (Å²) in [5.74, 6) is 0.875. The van der Waals surface area contributed by atoms with Crippen LogP contribution in [0.5, 0.6) is 11.8 Å². The summed E-state index contributed by atoms with van der Waals surface area (Å²) in [6.45, 7) is 3.02. The van der Waals surface area contributed by atoms with Crippen LogP contribution in [0.1, 0.15) is 5.56 Å². The van der Waals surface area contributed by atoms with E-state index in [1.165, 1.54) is 0 Å². The number of rotatable bonds is 1. The molecule has 0 saturated carbocycles. The maximum Gasteiger partial charge on any atom is 0.278 e. The predicted octanol–water partition coefficient (Wildman–Crippen LogP) is 2.44. The Morgan fingerprint density at radius 2 is 1.50 bits per heavy atom. The van der Waals surface area contributed by atoms with Crippen LogP contribution in [0.15, 0.2) is 36.4 Å². The summed E-state index contributed by atoms with van der Waals surface area (Å²) in [5, 5.41) is 9.06. The molecule has 7 heteroatoms. The van der Waals surface area contributed by atoms with E-state index in [9.17, 15) is 0 Å². The van der Waals surface area contributed by atoms with Crippen LogP contribution >= 0.6 is 0 Å². The molecule has 0 radical (unpaired) electrons. The molecule has 0 fully saturated rings. The minimum atomic E-state index is 0.431. The van der Waals surface area contributed by atoms with Crippen LogP contribution in [0.25, 0.3) is 27.8 Å². The van der Waals surface area contributed by atoms with Crippen molar-refractivity contribution in [2.45, 2.75) is 6.92 Å².